The van der Waals surface area contributed by atoms with Gasteiger partial charge in [0.25, 0.3) is 0 Å². The molecule has 1 saturated heterocycles. The summed E-state index contributed by atoms with van der Waals surface area (Å²) in [5, 5.41) is 20.2. The van der Waals surface area contributed by atoms with Crippen molar-refractivity contribution in [1.29, 1.82) is 0 Å². The molecule has 3 N–H and O–H groups in total. The smallest absolute Gasteiger partial charge is 0.388 e. The third kappa shape index (κ3) is 3.53. The molecule has 0 aromatic heterocycles. The number of alkyl halides is 3. The van der Waals surface area contributed by atoms with Crippen LogP contribution in [0.15, 0.2) is 0 Å². The molecule has 1 aliphatic heterocycles. The first-order chi connectivity index (χ1) is 7.75. The van der Waals surface area contributed by atoms with Crippen LogP contribution in [0.4, 0.5) is 13.2 Å². The van der Waals surface area contributed by atoms with Gasteiger partial charge in [-0.2, -0.15) is 13.2 Å². The topological polar surface area (TPSA) is 88.0 Å². The fourth-order valence-electron chi connectivity index (χ4n) is 1.40. The Labute approximate surface area is 94.3 Å². The molecule has 6 nitrogen and oxygen atoms in total. The van der Waals surface area contributed by atoms with Gasteiger partial charge in [-0.25, -0.2) is 0 Å². The van der Waals surface area contributed by atoms with Crippen molar-refractivity contribution < 1.29 is 37.7 Å². The molecule has 0 aliphatic carbocycles. The van der Waals surface area contributed by atoms with Crippen LogP contribution in [0.2, 0.25) is 0 Å². The maximum Gasteiger partial charge on any atom is 0.471 e. The lowest BCUT2D eigenvalue weighted by atomic mass is 10.1. The number of nitrogens with one attached hydrogen (secondary N) is 1. The number of carbonyl (C=O) groups is 1. The van der Waals surface area contributed by atoms with E-state index in [-0.39, 0.29) is 6.42 Å². The zero-order valence-electron chi connectivity index (χ0n) is 8.77. The van der Waals surface area contributed by atoms with Crippen LogP contribution in [0, 0.1) is 0 Å². The van der Waals surface area contributed by atoms with Crippen LogP contribution in [0.3, 0.4) is 0 Å². The minimum atomic E-state index is -5.05. The Morgan fingerprint density at radius 2 is 2.06 bits per heavy atom. The summed E-state index contributed by atoms with van der Waals surface area (Å²) in [5.41, 5.74) is 0. The minimum absolute atomic E-state index is 0.304. The van der Waals surface area contributed by atoms with Gasteiger partial charge < -0.3 is 25.0 Å². The van der Waals surface area contributed by atoms with Gasteiger partial charge in [-0.15, -0.1) is 0 Å². The standard InChI is InChI=1S/C8H12F3NO5/c1-16-6-4(13)2-3(5(14)17-6)12-7(15)8(9,10)11/h3-6,13-14H,2H2,1H3,(H,12,15). The molecular weight excluding hydrogens is 247 g/mol. The van der Waals surface area contributed by atoms with Crippen molar-refractivity contribution in [2.45, 2.75) is 37.3 Å². The third-order valence-corrected chi connectivity index (χ3v) is 2.23. The van der Waals surface area contributed by atoms with Crippen LogP contribution in [-0.4, -0.2) is 54.1 Å². The molecular formula is C8H12F3NO5. The van der Waals surface area contributed by atoms with Gasteiger partial charge in [0.2, 0.25) is 0 Å². The molecule has 17 heavy (non-hydrogen) atoms. The van der Waals surface area contributed by atoms with Crippen molar-refractivity contribution in [2.24, 2.45) is 0 Å². The highest BCUT2D eigenvalue weighted by atomic mass is 19.4. The number of rotatable bonds is 2. The molecule has 1 fully saturated rings. The normalized spacial score (nSPS) is 34.5. The monoisotopic (exact) mass is 259 g/mol. The van der Waals surface area contributed by atoms with Crippen molar-refractivity contribution in [3.8, 4) is 0 Å². The molecule has 0 aromatic rings. The quantitative estimate of drug-likeness (QED) is 0.598. The summed E-state index contributed by atoms with van der Waals surface area (Å²) in [6.45, 7) is 0. The second-order valence-electron chi connectivity index (χ2n) is 3.51. The van der Waals surface area contributed by atoms with Crippen molar-refractivity contribution in [1.82, 2.24) is 5.32 Å². The largest absolute Gasteiger partial charge is 0.471 e. The van der Waals surface area contributed by atoms with E-state index in [1.807, 2.05) is 0 Å². The molecule has 1 aliphatic rings. The minimum Gasteiger partial charge on any atom is -0.388 e. The molecule has 0 spiro atoms. The average Bonchev–Trinajstić information content (AvgIpc) is 2.21. The molecule has 0 bridgehead atoms. The summed E-state index contributed by atoms with van der Waals surface area (Å²) in [5.74, 6) is -2.20. The second-order valence-corrected chi connectivity index (χ2v) is 3.51. The number of halogens is 3. The van der Waals surface area contributed by atoms with E-state index in [1.165, 1.54) is 12.4 Å². The van der Waals surface area contributed by atoms with E-state index in [1.54, 1.807) is 0 Å². The number of ether oxygens (including phenoxy) is 2. The van der Waals surface area contributed by atoms with Gasteiger partial charge in [0.15, 0.2) is 12.6 Å². The maximum atomic E-state index is 11.9. The van der Waals surface area contributed by atoms with E-state index < -0.39 is 36.8 Å². The lowest BCUT2D eigenvalue weighted by molar-refractivity contribution is -0.287. The highest BCUT2D eigenvalue weighted by molar-refractivity contribution is 5.81. The molecule has 1 heterocycles. The van der Waals surface area contributed by atoms with Crippen LogP contribution in [0.5, 0.6) is 0 Å². The van der Waals surface area contributed by atoms with Crippen LogP contribution >= 0.6 is 0 Å². The second kappa shape index (κ2) is 5.17. The maximum absolute atomic E-state index is 11.9. The molecule has 9 heteroatoms. The van der Waals surface area contributed by atoms with Gasteiger partial charge in [0, 0.05) is 13.5 Å². The van der Waals surface area contributed by atoms with Gasteiger partial charge >= 0.3 is 12.1 Å². The highest BCUT2D eigenvalue weighted by Crippen LogP contribution is 2.21. The van der Waals surface area contributed by atoms with Crippen molar-refractivity contribution in [3.63, 3.8) is 0 Å². The van der Waals surface area contributed by atoms with E-state index in [0.29, 0.717) is 0 Å². The first-order valence-corrected chi connectivity index (χ1v) is 4.67. The summed E-state index contributed by atoms with van der Waals surface area (Å²) in [6, 6.07) is -1.34. The summed E-state index contributed by atoms with van der Waals surface area (Å²) in [6.07, 6.45) is -9.40. The molecule has 0 aromatic carbocycles. The van der Waals surface area contributed by atoms with E-state index >= 15 is 0 Å². The lowest BCUT2D eigenvalue weighted by Gasteiger charge is -2.36. The number of hydrogen-bond acceptors (Lipinski definition) is 5. The number of hydrogen-bond donors (Lipinski definition) is 3. The fourth-order valence-corrected chi connectivity index (χ4v) is 1.40. The Hall–Kier alpha value is -0.900. The van der Waals surface area contributed by atoms with Crippen LogP contribution in [-0.2, 0) is 14.3 Å². The number of carbonyl (C=O) groups excluding carboxylic acids is 1. The number of aliphatic hydroxyl groups is 2. The van der Waals surface area contributed by atoms with E-state index in [0.717, 1.165) is 0 Å². The Morgan fingerprint density at radius 3 is 2.53 bits per heavy atom. The molecule has 1 amide bonds. The Bertz CT molecular complexity index is 285. The third-order valence-electron chi connectivity index (χ3n) is 2.23. The van der Waals surface area contributed by atoms with E-state index in [9.17, 15) is 28.2 Å². The van der Waals surface area contributed by atoms with Crippen molar-refractivity contribution in [3.05, 3.63) is 0 Å². The van der Waals surface area contributed by atoms with Crippen LogP contribution < -0.4 is 5.32 Å². The zero-order chi connectivity index (χ0) is 13.2. The van der Waals surface area contributed by atoms with Gasteiger partial charge in [0.05, 0.1) is 6.04 Å². The van der Waals surface area contributed by atoms with Gasteiger partial charge in [0.1, 0.15) is 6.10 Å². The first kappa shape index (κ1) is 14.2. The predicted octanol–water partition coefficient (Wildman–Crippen LogP) is -0.894. The Kier molecular flexibility index (Phi) is 4.31. The molecule has 100 valence electrons. The predicted molar refractivity (Wildman–Crippen MR) is 46.5 cm³/mol. The number of methoxy groups -OCH3 is 1. The van der Waals surface area contributed by atoms with Gasteiger partial charge in [-0.05, 0) is 0 Å². The van der Waals surface area contributed by atoms with Crippen molar-refractivity contribution in [2.75, 3.05) is 7.11 Å². The Morgan fingerprint density at radius 1 is 1.47 bits per heavy atom. The van der Waals surface area contributed by atoms with Crippen molar-refractivity contribution >= 4 is 5.91 Å². The van der Waals surface area contributed by atoms with Gasteiger partial charge in [-0.1, -0.05) is 0 Å². The number of amides is 1. The van der Waals surface area contributed by atoms with Crippen LogP contribution in [0.25, 0.3) is 0 Å². The summed E-state index contributed by atoms with van der Waals surface area (Å²) in [4.78, 5) is 10.6. The average molecular weight is 259 g/mol. The molecule has 0 radical (unpaired) electrons. The van der Waals surface area contributed by atoms with Gasteiger partial charge in [-0.3, -0.25) is 4.79 Å². The Balaban J connectivity index is 2.59. The highest BCUT2D eigenvalue weighted by Gasteiger charge is 2.43. The van der Waals surface area contributed by atoms with E-state index in [4.69, 9.17) is 0 Å². The summed E-state index contributed by atoms with van der Waals surface area (Å²) < 4.78 is 45.2. The molecule has 0 saturated carbocycles. The summed E-state index contributed by atoms with van der Waals surface area (Å²) >= 11 is 0. The van der Waals surface area contributed by atoms with Crippen LogP contribution in [0.1, 0.15) is 6.42 Å². The lowest BCUT2D eigenvalue weighted by Crippen LogP contribution is -2.56. The zero-order valence-corrected chi connectivity index (χ0v) is 8.77. The van der Waals surface area contributed by atoms with E-state index in [2.05, 4.69) is 9.47 Å². The SMILES string of the molecule is COC1OC(O)C(NC(=O)C(F)(F)F)CC1O. The fraction of sp³-hybridized carbons (Fsp3) is 0.875. The number of aliphatic hydroxyl groups excluding tert-OH is 2. The first-order valence-electron chi connectivity index (χ1n) is 4.67. The summed E-state index contributed by atoms with van der Waals surface area (Å²) in [7, 11) is 1.20. The molecule has 4 unspecified atom stereocenters. The molecule has 1 rings (SSSR count). The molecule has 4 atom stereocenters.